The largest absolute Gasteiger partial charge is 0.350 e. The third-order valence-electron chi connectivity index (χ3n) is 3.59. The number of nitrogens with one attached hydrogen (secondary N) is 1. The van der Waals surface area contributed by atoms with E-state index in [2.05, 4.69) is 5.32 Å². The van der Waals surface area contributed by atoms with Gasteiger partial charge >= 0.3 is 0 Å². The summed E-state index contributed by atoms with van der Waals surface area (Å²) in [5.41, 5.74) is 0.882. The highest BCUT2D eigenvalue weighted by Crippen LogP contribution is 2.32. The third-order valence-corrected chi connectivity index (χ3v) is 5.31. The lowest BCUT2D eigenvalue weighted by atomic mass is 10.1. The van der Waals surface area contributed by atoms with Gasteiger partial charge in [0.25, 0.3) is 17.1 Å². The monoisotopic (exact) mass is 383 g/mol. The summed E-state index contributed by atoms with van der Waals surface area (Å²) in [5, 5.41) is 13.0. The van der Waals surface area contributed by atoms with Crippen molar-refractivity contribution in [3.8, 4) is 6.07 Å². The molecule has 6 nitrogen and oxygen atoms in total. The minimum atomic E-state index is -0.346. The molecule has 0 bridgehead atoms. The Balaban J connectivity index is 1.56. The molecule has 1 aromatic heterocycles. The molecule has 2 heterocycles. The predicted molar refractivity (Wildman–Crippen MR) is 100 cm³/mol. The first-order valence-electron chi connectivity index (χ1n) is 7.66. The summed E-state index contributed by atoms with van der Waals surface area (Å²) < 4.78 is 0. The Morgan fingerprint density at radius 1 is 1.23 bits per heavy atom. The highest BCUT2D eigenvalue weighted by molar-refractivity contribution is 8.18. The second kappa shape index (κ2) is 7.99. The molecule has 0 unspecified atom stereocenters. The molecule has 0 aliphatic carbocycles. The first kappa shape index (κ1) is 17.9. The zero-order chi connectivity index (χ0) is 18.5. The van der Waals surface area contributed by atoms with E-state index in [1.165, 1.54) is 11.3 Å². The number of thioether (sulfide) groups is 1. The molecule has 1 fully saturated rings. The lowest BCUT2D eigenvalue weighted by molar-refractivity contribution is -0.122. The molecule has 130 valence electrons. The van der Waals surface area contributed by atoms with Crippen molar-refractivity contribution in [1.82, 2.24) is 10.2 Å². The summed E-state index contributed by atoms with van der Waals surface area (Å²) >= 11 is 2.39. The van der Waals surface area contributed by atoms with Crippen molar-refractivity contribution >= 4 is 46.2 Å². The summed E-state index contributed by atoms with van der Waals surface area (Å²) in [6, 6.07) is 11.9. The smallest absolute Gasteiger partial charge is 0.293 e. The van der Waals surface area contributed by atoms with Crippen LogP contribution in [0, 0.1) is 11.3 Å². The fraction of sp³-hybridized carbons (Fsp3) is 0.111. The Bertz CT molecular complexity index is 912. The summed E-state index contributed by atoms with van der Waals surface area (Å²) in [4.78, 5) is 38.8. The molecule has 3 amide bonds. The Kier molecular flexibility index (Phi) is 5.51. The lowest BCUT2D eigenvalue weighted by Gasteiger charge is -2.13. The number of carbonyl (C=O) groups is 3. The molecule has 0 saturated carbocycles. The van der Waals surface area contributed by atoms with E-state index in [-0.39, 0.29) is 30.1 Å². The second-order valence-electron chi connectivity index (χ2n) is 5.29. The van der Waals surface area contributed by atoms with E-state index in [9.17, 15) is 14.4 Å². The van der Waals surface area contributed by atoms with Crippen LogP contribution in [0.3, 0.4) is 0 Å². The zero-order valence-electron chi connectivity index (χ0n) is 13.5. The number of nitrogens with zero attached hydrogens (tertiary/aromatic N) is 2. The third kappa shape index (κ3) is 4.02. The average molecular weight is 383 g/mol. The van der Waals surface area contributed by atoms with E-state index in [1.807, 2.05) is 23.6 Å². The van der Waals surface area contributed by atoms with Crippen molar-refractivity contribution in [2.24, 2.45) is 0 Å². The molecule has 0 spiro atoms. The number of benzene rings is 1. The topological polar surface area (TPSA) is 90.3 Å². The molecule has 1 aliphatic heterocycles. The number of nitriles is 1. The minimum Gasteiger partial charge on any atom is -0.350 e. The van der Waals surface area contributed by atoms with Gasteiger partial charge in [0, 0.05) is 23.5 Å². The van der Waals surface area contributed by atoms with Gasteiger partial charge in [-0.05, 0) is 53.5 Å². The van der Waals surface area contributed by atoms with E-state index < -0.39 is 0 Å². The average Bonchev–Trinajstić information content (AvgIpc) is 3.25. The maximum absolute atomic E-state index is 12.3. The molecule has 26 heavy (non-hydrogen) atoms. The van der Waals surface area contributed by atoms with Gasteiger partial charge in [-0.15, -0.1) is 11.3 Å². The SMILES string of the molecule is N#Cc1ccc(C(=O)NCCN2C(=O)SC(=Cc3cccs3)C2=O)cc1. The highest BCUT2D eigenvalue weighted by atomic mass is 32.2. The van der Waals surface area contributed by atoms with Crippen LogP contribution in [0.15, 0.2) is 46.7 Å². The van der Waals surface area contributed by atoms with Gasteiger partial charge in [0.05, 0.1) is 16.5 Å². The van der Waals surface area contributed by atoms with Crippen molar-refractivity contribution in [3.05, 3.63) is 62.7 Å². The van der Waals surface area contributed by atoms with Crippen molar-refractivity contribution in [2.75, 3.05) is 13.1 Å². The molecule has 0 atom stereocenters. The van der Waals surface area contributed by atoms with E-state index in [0.29, 0.717) is 16.0 Å². The fourth-order valence-electron chi connectivity index (χ4n) is 2.27. The molecule has 8 heteroatoms. The molecule has 1 aromatic carbocycles. The fourth-order valence-corrected chi connectivity index (χ4v) is 3.86. The lowest BCUT2D eigenvalue weighted by Crippen LogP contribution is -2.37. The standard InChI is InChI=1S/C18H13N3O3S2/c19-11-12-3-5-13(6-4-12)16(22)20-7-8-21-17(23)15(26-18(21)24)10-14-2-1-9-25-14/h1-6,9-10H,7-8H2,(H,20,22). The highest BCUT2D eigenvalue weighted by Gasteiger charge is 2.34. The number of rotatable bonds is 5. The van der Waals surface area contributed by atoms with Gasteiger partial charge in [-0.1, -0.05) is 6.07 Å². The van der Waals surface area contributed by atoms with Crippen LogP contribution in [0.4, 0.5) is 4.79 Å². The quantitative estimate of drug-likeness (QED) is 0.802. The summed E-state index contributed by atoms with van der Waals surface area (Å²) in [5.74, 6) is -0.670. The molecule has 1 aliphatic rings. The molecule has 3 rings (SSSR count). The van der Waals surface area contributed by atoms with Crippen molar-refractivity contribution in [1.29, 1.82) is 5.26 Å². The Morgan fingerprint density at radius 3 is 2.65 bits per heavy atom. The molecule has 1 N–H and O–H groups in total. The van der Waals surface area contributed by atoms with Crippen molar-refractivity contribution < 1.29 is 14.4 Å². The maximum atomic E-state index is 12.3. The van der Waals surface area contributed by atoms with Crippen LogP contribution in [0.25, 0.3) is 6.08 Å². The molecule has 1 saturated heterocycles. The van der Waals surface area contributed by atoms with Crippen LogP contribution in [-0.4, -0.2) is 35.0 Å². The van der Waals surface area contributed by atoms with Gasteiger partial charge in [-0.25, -0.2) is 0 Å². The number of thiophene rings is 1. The molecular formula is C18H13N3O3S2. The van der Waals surface area contributed by atoms with Crippen LogP contribution >= 0.6 is 23.1 Å². The van der Waals surface area contributed by atoms with E-state index in [1.54, 1.807) is 30.3 Å². The van der Waals surface area contributed by atoms with Crippen LogP contribution in [-0.2, 0) is 4.79 Å². The van der Waals surface area contributed by atoms with Crippen LogP contribution in [0.1, 0.15) is 20.8 Å². The van der Waals surface area contributed by atoms with Crippen molar-refractivity contribution in [3.63, 3.8) is 0 Å². The van der Waals surface area contributed by atoms with Gasteiger partial charge in [-0.3, -0.25) is 19.3 Å². The maximum Gasteiger partial charge on any atom is 0.293 e. The number of amides is 3. The Morgan fingerprint density at radius 2 is 2.00 bits per heavy atom. The Labute approximate surface area is 158 Å². The second-order valence-corrected chi connectivity index (χ2v) is 7.27. The molecule has 2 aromatic rings. The van der Waals surface area contributed by atoms with Crippen LogP contribution in [0.2, 0.25) is 0 Å². The van der Waals surface area contributed by atoms with Gasteiger partial charge in [0.1, 0.15) is 0 Å². The van der Waals surface area contributed by atoms with Gasteiger partial charge in [-0.2, -0.15) is 5.26 Å². The van der Waals surface area contributed by atoms with Crippen LogP contribution in [0.5, 0.6) is 0 Å². The Hall–Kier alpha value is -2.89. The minimum absolute atomic E-state index is 0.106. The van der Waals surface area contributed by atoms with Crippen LogP contribution < -0.4 is 5.32 Å². The number of imide groups is 1. The summed E-state index contributed by atoms with van der Waals surface area (Å²) in [6.07, 6.45) is 1.70. The number of hydrogen-bond donors (Lipinski definition) is 1. The molecular weight excluding hydrogens is 370 g/mol. The predicted octanol–water partition coefficient (Wildman–Crippen LogP) is 3.09. The first-order chi connectivity index (χ1) is 12.6. The summed E-state index contributed by atoms with van der Waals surface area (Å²) in [6.45, 7) is 0.262. The van der Waals surface area contributed by atoms with Gasteiger partial charge in [0.15, 0.2) is 0 Å². The number of carbonyl (C=O) groups excluding carboxylic acids is 3. The van der Waals surface area contributed by atoms with Crippen molar-refractivity contribution in [2.45, 2.75) is 0 Å². The normalized spacial score (nSPS) is 15.3. The van der Waals surface area contributed by atoms with Gasteiger partial charge < -0.3 is 5.32 Å². The zero-order valence-corrected chi connectivity index (χ0v) is 15.1. The molecule has 0 radical (unpaired) electrons. The first-order valence-corrected chi connectivity index (χ1v) is 9.35. The van der Waals surface area contributed by atoms with E-state index in [0.717, 1.165) is 21.5 Å². The van der Waals surface area contributed by atoms with Gasteiger partial charge in [0.2, 0.25) is 0 Å². The van der Waals surface area contributed by atoms with E-state index >= 15 is 0 Å². The summed E-state index contributed by atoms with van der Waals surface area (Å²) in [7, 11) is 0. The number of hydrogen-bond acceptors (Lipinski definition) is 6. The van der Waals surface area contributed by atoms with E-state index in [4.69, 9.17) is 5.26 Å².